The predicted octanol–water partition coefficient (Wildman–Crippen LogP) is 4.85. The van der Waals surface area contributed by atoms with E-state index in [1.165, 1.54) is 24.0 Å². The molecule has 110 valence electrons. The van der Waals surface area contributed by atoms with Crippen molar-refractivity contribution in [3.63, 3.8) is 0 Å². The first-order chi connectivity index (χ1) is 10.1. The Kier molecular flexibility index (Phi) is 4.53. The van der Waals surface area contributed by atoms with Crippen molar-refractivity contribution in [2.24, 2.45) is 0 Å². The maximum absolute atomic E-state index is 6.35. The van der Waals surface area contributed by atoms with E-state index in [1.54, 1.807) is 0 Å². The summed E-state index contributed by atoms with van der Waals surface area (Å²) < 4.78 is 1.02. The number of benzene rings is 2. The van der Waals surface area contributed by atoms with E-state index in [1.807, 2.05) is 30.3 Å². The molecule has 21 heavy (non-hydrogen) atoms. The third kappa shape index (κ3) is 3.79. The Labute approximate surface area is 139 Å². The molecule has 4 heteroatoms. The van der Waals surface area contributed by atoms with Gasteiger partial charge in [0.2, 0.25) is 0 Å². The number of nitrogen functional groups attached to an aromatic ring is 1. The first kappa shape index (κ1) is 14.9. The third-order valence-corrected chi connectivity index (χ3v) is 4.73. The molecule has 1 saturated carbocycles. The number of anilines is 1. The lowest BCUT2D eigenvalue weighted by atomic mass is 10.1. The highest BCUT2D eigenvalue weighted by Crippen LogP contribution is 2.32. The SMILES string of the molecule is Nc1ccccc1CN(Cc1ccc(Br)cc1Cl)C1CC1. The average Bonchev–Trinajstić information content (AvgIpc) is 3.27. The Hall–Kier alpha value is -1.03. The molecule has 0 unspecified atom stereocenters. The molecule has 0 aliphatic heterocycles. The van der Waals surface area contributed by atoms with Gasteiger partial charge in [-0.1, -0.05) is 51.8 Å². The molecule has 1 aliphatic rings. The van der Waals surface area contributed by atoms with Crippen molar-refractivity contribution in [3.8, 4) is 0 Å². The maximum Gasteiger partial charge on any atom is 0.0462 e. The summed E-state index contributed by atoms with van der Waals surface area (Å²) in [4.78, 5) is 2.47. The summed E-state index contributed by atoms with van der Waals surface area (Å²) >= 11 is 9.80. The van der Waals surface area contributed by atoms with Gasteiger partial charge in [-0.25, -0.2) is 0 Å². The van der Waals surface area contributed by atoms with Gasteiger partial charge in [0.05, 0.1) is 0 Å². The lowest BCUT2D eigenvalue weighted by Gasteiger charge is -2.23. The van der Waals surface area contributed by atoms with E-state index in [0.29, 0.717) is 6.04 Å². The molecule has 0 radical (unpaired) electrons. The summed E-state index contributed by atoms with van der Waals surface area (Å²) in [6.07, 6.45) is 2.53. The van der Waals surface area contributed by atoms with Gasteiger partial charge in [0.25, 0.3) is 0 Å². The van der Waals surface area contributed by atoms with Crippen LogP contribution in [0.4, 0.5) is 5.69 Å². The van der Waals surface area contributed by atoms with Crippen molar-refractivity contribution >= 4 is 33.2 Å². The van der Waals surface area contributed by atoms with Crippen LogP contribution in [0.15, 0.2) is 46.9 Å². The molecule has 0 heterocycles. The molecular formula is C17H18BrClN2. The second-order valence-corrected chi connectivity index (χ2v) is 6.89. The third-order valence-electron chi connectivity index (χ3n) is 3.88. The van der Waals surface area contributed by atoms with Gasteiger partial charge in [-0.15, -0.1) is 0 Å². The Morgan fingerprint density at radius 2 is 1.81 bits per heavy atom. The first-order valence-electron chi connectivity index (χ1n) is 7.15. The summed E-state index contributed by atoms with van der Waals surface area (Å²) in [7, 11) is 0. The largest absolute Gasteiger partial charge is 0.398 e. The van der Waals surface area contributed by atoms with Crippen molar-refractivity contribution in [1.82, 2.24) is 4.90 Å². The lowest BCUT2D eigenvalue weighted by molar-refractivity contribution is 0.246. The van der Waals surface area contributed by atoms with Crippen LogP contribution >= 0.6 is 27.5 Å². The Morgan fingerprint density at radius 1 is 1.10 bits per heavy atom. The van der Waals surface area contributed by atoms with Crippen LogP contribution in [0, 0.1) is 0 Å². The summed E-state index contributed by atoms with van der Waals surface area (Å²) in [5.41, 5.74) is 9.30. The molecule has 2 N–H and O–H groups in total. The van der Waals surface area contributed by atoms with Gasteiger partial charge >= 0.3 is 0 Å². The van der Waals surface area contributed by atoms with Crippen LogP contribution in [0.25, 0.3) is 0 Å². The normalized spacial score (nSPS) is 14.6. The van der Waals surface area contributed by atoms with Gasteiger partial charge in [-0.3, -0.25) is 4.90 Å². The number of para-hydroxylation sites is 1. The van der Waals surface area contributed by atoms with Gasteiger partial charge in [0.1, 0.15) is 0 Å². The smallest absolute Gasteiger partial charge is 0.0462 e. The molecule has 0 atom stereocenters. The minimum Gasteiger partial charge on any atom is -0.398 e. The monoisotopic (exact) mass is 364 g/mol. The van der Waals surface area contributed by atoms with E-state index in [4.69, 9.17) is 17.3 Å². The standard InChI is InChI=1S/C17H18BrClN2/c18-14-6-5-12(16(19)9-14)10-21(15-7-8-15)11-13-3-1-2-4-17(13)20/h1-6,9,15H,7-8,10-11,20H2. The summed E-state index contributed by atoms with van der Waals surface area (Å²) in [6.45, 7) is 1.74. The van der Waals surface area contributed by atoms with Gasteiger partial charge < -0.3 is 5.73 Å². The zero-order valence-corrected chi connectivity index (χ0v) is 14.1. The fourth-order valence-corrected chi connectivity index (χ4v) is 3.25. The molecular weight excluding hydrogens is 348 g/mol. The number of rotatable bonds is 5. The van der Waals surface area contributed by atoms with E-state index < -0.39 is 0 Å². The van der Waals surface area contributed by atoms with Gasteiger partial charge in [0, 0.05) is 34.3 Å². The number of nitrogens with two attached hydrogens (primary N) is 1. The van der Waals surface area contributed by atoms with E-state index >= 15 is 0 Å². The van der Waals surface area contributed by atoms with E-state index in [9.17, 15) is 0 Å². The number of hydrogen-bond donors (Lipinski definition) is 1. The van der Waals surface area contributed by atoms with Crippen molar-refractivity contribution in [2.45, 2.75) is 32.0 Å². The van der Waals surface area contributed by atoms with Crippen LogP contribution in [-0.2, 0) is 13.1 Å². The fraction of sp³-hybridized carbons (Fsp3) is 0.294. The highest BCUT2D eigenvalue weighted by molar-refractivity contribution is 9.10. The van der Waals surface area contributed by atoms with Crippen molar-refractivity contribution in [2.75, 3.05) is 5.73 Å². The Bertz CT molecular complexity index is 640. The number of nitrogens with zero attached hydrogens (tertiary/aromatic N) is 1. The quantitative estimate of drug-likeness (QED) is 0.767. The van der Waals surface area contributed by atoms with Crippen LogP contribution in [0.2, 0.25) is 5.02 Å². The molecule has 0 spiro atoms. The van der Waals surface area contributed by atoms with E-state index in [0.717, 1.165) is 28.3 Å². The molecule has 1 aliphatic carbocycles. The first-order valence-corrected chi connectivity index (χ1v) is 8.32. The van der Waals surface area contributed by atoms with Crippen LogP contribution in [0.3, 0.4) is 0 Å². The molecule has 2 nitrogen and oxygen atoms in total. The molecule has 0 aromatic heterocycles. The van der Waals surface area contributed by atoms with Crippen molar-refractivity contribution in [3.05, 3.63) is 63.1 Å². The van der Waals surface area contributed by atoms with Crippen LogP contribution in [-0.4, -0.2) is 10.9 Å². The van der Waals surface area contributed by atoms with Gasteiger partial charge in [-0.05, 0) is 42.2 Å². The molecule has 1 fully saturated rings. The zero-order valence-electron chi connectivity index (χ0n) is 11.7. The second kappa shape index (κ2) is 6.39. The van der Waals surface area contributed by atoms with Gasteiger partial charge in [0.15, 0.2) is 0 Å². The second-order valence-electron chi connectivity index (χ2n) is 5.57. The van der Waals surface area contributed by atoms with Crippen LogP contribution in [0.5, 0.6) is 0 Å². The van der Waals surface area contributed by atoms with Crippen LogP contribution in [0.1, 0.15) is 24.0 Å². The molecule has 0 bridgehead atoms. The van der Waals surface area contributed by atoms with Crippen molar-refractivity contribution < 1.29 is 0 Å². The molecule has 0 saturated heterocycles. The number of hydrogen-bond acceptors (Lipinski definition) is 2. The molecule has 2 aromatic rings. The molecule has 2 aromatic carbocycles. The zero-order chi connectivity index (χ0) is 14.8. The minimum absolute atomic E-state index is 0.657. The molecule has 3 rings (SSSR count). The highest BCUT2D eigenvalue weighted by Gasteiger charge is 2.29. The summed E-state index contributed by atoms with van der Waals surface area (Å²) in [6, 6.07) is 14.8. The van der Waals surface area contributed by atoms with E-state index in [-0.39, 0.29) is 0 Å². The average molecular weight is 366 g/mol. The fourth-order valence-electron chi connectivity index (χ4n) is 2.52. The Balaban J connectivity index is 1.78. The summed E-state index contributed by atoms with van der Waals surface area (Å²) in [5, 5.41) is 0.816. The lowest BCUT2D eigenvalue weighted by Crippen LogP contribution is -2.25. The van der Waals surface area contributed by atoms with E-state index in [2.05, 4.69) is 33.0 Å². The molecule has 0 amide bonds. The summed E-state index contributed by atoms with van der Waals surface area (Å²) in [5.74, 6) is 0. The highest BCUT2D eigenvalue weighted by atomic mass is 79.9. The minimum atomic E-state index is 0.657. The maximum atomic E-state index is 6.35. The topological polar surface area (TPSA) is 29.3 Å². The van der Waals surface area contributed by atoms with Gasteiger partial charge in [-0.2, -0.15) is 0 Å². The number of halogens is 2. The van der Waals surface area contributed by atoms with Crippen molar-refractivity contribution in [1.29, 1.82) is 0 Å². The Morgan fingerprint density at radius 3 is 2.48 bits per heavy atom. The van der Waals surface area contributed by atoms with Crippen LogP contribution < -0.4 is 5.73 Å². The predicted molar refractivity (Wildman–Crippen MR) is 92.3 cm³/mol.